The lowest BCUT2D eigenvalue weighted by Crippen LogP contribution is -2.39. The minimum Gasteiger partial charge on any atom is -0.356 e. The standard InChI is InChI=1S/C12H21N5.HI/c1-10-7-16-17(9-10)6-5-14-12(13-2)15-8-11-3-4-11;/h7,9,11H,3-6,8H2,1-2H3,(H2,13,14,15);1H. The van der Waals surface area contributed by atoms with E-state index in [1.165, 1.54) is 18.4 Å². The Morgan fingerprint density at radius 3 is 2.83 bits per heavy atom. The van der Waals surface area contributed by atoms with Gasteiger partial charge in [-0.05, 0) is 31.2 Å². The van der Waals surface area contributed by atoms with E-state index in [0.29, 0.717) is 0 Å². The molecule has 0 bridgehead atoms. The SMILES string of the molecule is CN=C(NCCn1cc(C)cn1)NCC1CC1.I. The summed E-state index contributed by atoms with van der Waals surface area (Å²) in [7, 11) is 1.81. The van der Waals surface area contributed by atoms with Crippen LogP contribution in [0.2, 0.25) is 0 Å². The fraction of sp³-hybridized carbons (Fsp3) is 0.667. The molecule has 0 saturated heterocycles. The molecule has 1 saturated carbocycles. The van der Waals surface area contributed by atoms with Crippen molar-refractivity contribution in [3.63, 3.8) is 0 Å². The van der Waals surface area contributed by atoms with Gasteiger partial charge >= 0.3 is 0 Å². The van der Waals surface area contributed by atoms with Gasteiger partial charge in [0.15, 0.2) is 5.96 Å². The summed E-state index contributed by atoms with van der Waals surface area (Å²) in [5.74, 6) is 1.75. The lowest BCUT2D eigenvalue weighted by atomic mass is 10.4. The molecule has 1 aromatic heterocycles. The molecule has 6 heteroatoms. The van der Waals surface area contributed by atoms with E-state index in [4.69, 9.17) is 0 Å². The van der Waals surface area contributed by atoms with E-state index in [1.807, 2.05) is 24.0 Å². The number of aryl methyl sites for hydroxylation is 1. The zero-order valence-electron chi connectivity index (χ0n) is 11.0. The molecule has 2 N–H and O–H groups in total. The Labute approximate surface area is 125 Å². The molecule has 0 amide bonds. The van der Waals surface area contributed by atoms with Crippen LogP contribution in [0.1, 0.15) is 18.4 Å². The summed E-state index contributed by atoms with van der Waals surface area (Å²) >= 11 is 0. The summed E-state index contributed by atoms with van der Waals surface area (Å²) in [5, 5.41) is 10.9. The molecular weight excluding hydrogens is 341 g/mol. The first-order chi connectivity index (χ1) is 8.28. The molecule has 0 atom stereocenters. The molecule has 0 radical (unpaired) electrons. The molecule has 1 heterocycles. The molecule has 0 spiro atoms. The van der Waals surface area contributed by atoms with Crippen LogP contribution < -0.4 is 10.6 Å². The predicted molar refractivity (Wildman–Crippen MR) is 84.5 cm³/mol. The van der Waals surface area contributed by atoms with Crippen LogP contribution in [-0.2, 0) is 6.54 Å². The number of aromatic nitrogens is 2. The van der Waals surface area contributed by atoms with E-state index < -0.39 is 0 Å². The van der Waals surface area contributed by atoms with E-state index in [2.05, 4.69) is 20.7 Å². The van der Waals surface area contributed by atoms with Gasteiger partial charge in [-0.25, -0.2) is 0 Å². The van der Waals surface area contributed by atoms with Crippen molar-refractivity contribution in [1.29, 1.82) is 0 Å². The highest BCUT2D eigenvalue weighted by Gasteiger charge is 2.20. The van der Waals surface area contributed by atoms with Gasteiger partial charge in [-0.2, -0.15) is 5.10 Å². The molecule has 2 rings (SSSR count). The summed E-state index contributed by atoms with van der Waals surface area (Å²) in [6, 6.07) is 0. The molecule has 1 aromatic rings. The van der Waals surface area contributed by atoms with Crippen LogP contribution in [0.15, 0.2) is 17.4 Å². The summed E-state index contributed by atoms with van der Waals surface area (Å²) < 4.78 is 1.94. The molecule has 0 aromatic carbocycles. The van der Waals surface area contributed by atoms with Crippen molar-refractivity contribution in [3.05, 3.63) is 18.0 Å². The average molecular weight is 363 g/mol. The maximum atomic E-state index is 4.24. The van der Waals surface area contributed by atoms with Gasteiger partial charge in [0, 0.05) is 26.3 Å². The number of halogens is 1. The molecule has 18 heavy (non-hydrogen) atoms. The van der Waals surface area contributed by atoms with E-state index in [1.54, 1.807) is 7.05 Å². The van der Waals surface area contributed by atoms with E-state index >= 15 is 0 Å². The van der Waals surface area contributed by atoms with Crippen molar-refractivity contribution >= 4 is 29.9 Å². The number of nitrogens with zero attached hydrogens (tertiary/aromatic N) is 3. The third-order valence-corrected chi connectivity index (χ3v) is 2.87. The van der Waals surface area contributed by atoms with E-state index in [0.717, 1.165) is 31.5 Å². The fourth-order valence-electron chi connectivity index (χ4n) is 1.66. The highest BCUT2D eigenvalue weighted by molar-refractivity contribution is 14.0. The second kappa shape index (κ2) is 7.60. The average Bonchev–Trinajstić information content (AvgIpc) is 3.06. The summed E-state index contributed by atoms with van der Waals surface area (Å²) in [6.07, 6.45) is 6.63. The number of nitrogens with one attached hydrogen (secondary N) is 2. The van der Waals surface area contributed by atoms with Gasteiger partial charge in [0.1, 0.15) is 0 Å². The third-order valence-electron chi connectivity index (χ3n) is 2.87. The Balaban J connectivity index is 0.00000162. The second-order valence-electron chi connectivity index (χ2n) is 4.60. The third kappa shape index (κ3) is 5.24. The van der Waals surface area contributed by atoms with Gasteiger partial charge < -0.3 is 10.6 Å². The van der Waals surface area contributed by atoms with Gasteiger partial charge in [-0.3, -0.25) is 9.67 Å². The number of hydrogen-bond donors (Lipinski definition) is 2. The second-order valence-corrected chi connectivity index (χ2v) is 4.60. The Morgan fingerprint density at radius 1 is 1.50 bits per heavy atom. The molecule has 0 unspecified atom stereocenters. The monoisotopic (exact) mass is 363 g/mol. The molecule has 0 aliphatic heterocycles. The highest BCUT2D eigenvalue weighted by atomic mass is 127. The van der Waals surface area contributed by atoms with Crippen LogP contribution in [0, 0.1) is 12.8 Å². The van der Waals surface area contributed by atoms with E-state index in [-0.39, 0.29) is 24.0 Å². The summed E-state index contributed by atoms with van der Waals surface area (Å²) in [5.41, 5.74) is 1.20. The molecule has 1 aliphatic rings. The molecular formula is C12H22IN5. The number of rotatable bonds is 5. The van der Waals surface area contributed by atoms with Crippen molar-refractivity contribution < 1.29 is 0 Å². The largest absolute Gasteiger partial charge is 0.356 e. The molecule has 5 nitrogen and oxygen atoms in total. The zero-order valence-corrected chi connectivity index (χ0v) is 13.3. The van der Waals surface area contributed by atoms with Crippen LogP contribution in [0.4, 0.5) is 0 Å². The Hall–Kier alpha value is -0.790. The topological polar surface area (TPSA) is 54.2 Å². The first-order valence-corrected chi connectivity index (χ1v) is 6.21. The van der Waals surface area contributed by atoms with Crippen molar-refractivity contribution in [2.45, 2.75) is 26.3 Å². The maximum absolute atomic E-state index is 4.24. The van der Waals surface area contributed by atoms with Crippen molar-refractivity contribution in [3.8, 4) is 0 Å². The van der Waals surface area contributed by atoms with Crippen LogP contribution in [0.3, 0.4) is 0 Å². The number of hydrogen-bond acceptors (Lipinski definition) is 2. The predicted octanol–water partition coefficient (Wildman–Crippen LogP) is 1.38. The van der Waals surface area contributed by atoms with Crippen molar-refractivity contribution in [2.75, 3.05) is 20.1 Å². The Kier molecular flexibility index (Phi) is 6.45. The number of aliphatic imine (C=N–C) groups is 1. The fourth-order valence-corrected chi connectivity index (χ4v) is 1.66. The summed E-state index contributed by atoms with van der Waals surface area (Å²) in [4.78, 5) is 4.19. The molecule has 1 aliphatic carbocycles. The first kappa shape index (κ1) is 15.3. The summed E-state index contributed by atoms with van der Waals surface area (Å²) in [6.45, 7) is 4.79. The van der Waals surface area contributed by atoms with E-state index in [9.17, 15) is 0 Å². The zero-order chi connectivity index (χ0) is 12.1. The van der Waals surface area contributed by atoms with Crippen LogP contribution in [0.5, 0.6) is 0 Å². The van der Waals surface area contributed by atoms with Crippen molar-refractivity contribution in [2.24, 2.45) is 10.9 Å². The smallest absolute Gasteiger partial charge is 0.191 e. The highest BCUT2D eigenvalue weighted by Crippen LogP contribution is 2.27. The van der Waals surface area contributed by atoms with Crippen LogP contribution in [-0.4, -0.2) is 35.9 Å². The number of guanidine groups is 1. The quantitative estimate of drug-likeness (QED) is 0.472. The first-order valence-electron chi connectivity index (χ1n) is 6.21. The van der Waals surface area contributed by atoms with Gasteiger partial charge in [0.05, 0.1) is 12.7 Å². The maximum Gasteiger partial charge on any atom is 0.191 e. The minimum atomic E-state index is 0. The van der Waals surface area contributed by atoms with Crippen LogP contribution >= 0.6 is 24.0 Å². The molecule has 1 fully saturated rings. The molecule has 102 valence electrons. The van der Waals surface area contributed by atoms with Gasteiger partial charge in [-0.1, -0.05) is 0 Å². The van der Waals surface area contributed by atoms with Crippen molar-refractivity contribution in [1.82, 2.24) is 20.4 Å². The normalized spacial score (nSPS) is 15.1. The van der Waals surface area contributed by atoms with Gasteiger partial charge in [0.25, 0.3) is 0 Å². The Bertz CT molecular complexity index is 384. The van der Waals surface area contributed by atoms with Gasteiger partial charge in [-0.15, -0.1) is 24.0 Å². The Morgan fingerprint density at radius 2 is 2.28 bits per heavy atom. The lowest BCUT2D eigenvalue weighted by molar-refractivity contribution is 0.596. The minimum absolute atomic E-state index is 0. The van der Waals surface area contributed by atoms with Gasteiger partial charge in [0.2, 0.25) is 0 Å². The lowest BCUT2D eigenvalue weighted by Gasteiger charge is -2.11. The van der Waals surface area contributed by atoms with Crippen LogP contribution in [0.25, 0.3) is 0 Å².